The predicted molar refractivity (Wildman–Crippen MR) is 99.2 cm³/mol. The van der Waals surface area contributed by atoms with Gasteiger partial charge in [0.2, 0.25) is 0 Å². The van der Waals surface area contributed by atoms with Crippen molar-refractivity contribution >= 4 is 0 Å². The van der Waals surface area contributed by atoms with E-state index in [9.17, 15) is 0 Å². The minimum Gasteiger partial charge on any atom is -0.383 e. The van der Waals surface area contributed by atoms with E-state index in [1.807, 2.05) is 24.4 Å². The molecule has 24 heavy (non-hydrogen) atoms. The number of pyridine rings is 1. The summed E-state index contributed by atoms with van der Waals surface area (Å²) < 4.78 is 0. The third-order valence-corrected chi connectivity index (χ3v) is 4.53. The van der Waals surface area contributed by atoms with E-state index >= 15 is 0 Å². The molecule has 3 rings (SSSR count). The number of benzene rings is 1. The molecule has 0 aliphatic carbocycles. The maximum atomic E-state index is 4.41. The van der Waals surface area contributed by atoms with Gasteiger partial charge < -0.3 is 10.2 Å². The highest BCUT2D eigenvalue weighted by atomic mass is 15.2. The molecule has 2 aromatic rings. The SMILES string of the molecule is C=C(NCc1ccccc1)C1CCCN1C(=C)Cc1ccccn1. The van der Waals surface area contributed by atoms with Crippen LogP contribution in [0.25, 0.3) is 0 Å². The van der Waals surface area contributed by atoms with Crippen LogP contribution in [0.5, 0.6) is 0 Å². The molecular formula is C21H25N3. The van der Waals surface area contributed by atoms with E-state index in [0.717, 1.165) is 43.0 Å². The maximum absolute atomic E-state index is 4.41. The fourth-order valence-electron chi connectivity index (χ4n) is 3.25. The Balaban J connectivity index is 1.58. The number of allylic oxidation sites excluding steroid dienone is 1. The lowest BCUT2D eigenvalue weighted by Gasteiger charge is -2.30. The molecule has 2 heterocycles. The summed E-state index contributed by atoms with van der Waals surface area (Å²) in [6.07, 6.45) is 4.94. The molecule has 0 radical (unpaired) electrons. The molecule has 3 nitrogen and oxygen atoms in total. The van der Waals surface area contributed by atoms with Crippen molar-refractivity contribution in [2.75, 3.05) is 6.54 Å². The molecule has 0 bridgehead atoms. The average molecular weight is 319 g/mol. The molecule has 1 aromatic carbocycles. The molecule has 0 amide bonds. The fraction of sp³-hybridized carbons (Fsp3) is 0.286. The second kappa shape index (κ2) is 7.82. The lowest BCUT2D eigenvalue weighted by Crippen LogP contribution is -2.35. The summed E-state index contributed by atoms with van der Waals surface area (Å²) in [5, 5.41) is 3.50. The number of nitrogens with zero attached hydrogens (tertiary/aromatic N) is 2. The summed E-state index contributed by atoms with van der Waals surface area (Å²) >= 11 is 0. The van der Waals surface area contributed by atoms with Crippen LogP contribution >= 0.6 is 0 Å². The Morgan fingerprint density at radius 2 is 1.92 bits per heavy atom. The minimum atomic E-state index is 0.324. The number of hydrogen-bond acceptors (Lipinski definition) is 3. The summed E-state index contributed by atoms with van der Waals surface area (Å²) in [6.45, 7) is 10.4. The number of aromatic nitrogens is 1. The Hall–Kier alpha value is -2.55. The van der Waals surface area contributed by atoms with Gasteiger partial charge in [-0.3, -0.25) is 4.98 Å². The Kier molecular flexibility index (Phi) is 5.32. The van der Waals surface area contributed by atoms with Crippen molar-refractivity contribution in [2.24, 2.45) is 0 Å². The summed E-state index contributed by atoms with van der Waals surface area (Å²) in [5.41, 5.74) is 4.55. The topological polar surface area (TPSA) is 28.2 Å². The van der Waals surface area contributed by atoms with Crippen LogP contribution in [0.3, 0.4) is 0 Å². The van der Waals surface area contributed by atoms with Gasteiger partial charge in [-0.15, -0.1) is 0 Å². The second-order valence-electron chi connectivity index (χ2n) is 6.28. The van der Waals surface area contributed by atoms with Crippen LogP contribution in [-0.2, 0) is 13.0 Å². The lowest BCUT2D eigenvalue weighted by molar-refractivity contribution is 0.337. The predicted octanol–water partition coefficient (Wildman–Crippen LogP) is 3.91. The molecule has 0 saturated carbocycles. The van der Waals surface area contributed by atoms with E-state index in [-0.39, 0.29) is 0 Å². The van der Waals surface area contributed by atoms with Gasteiger partial charge in [-0.25, -0.2) is 0 Å². The molecule has 1 aliphatic heterocycles. The summed E-state index contributed by atoms with van der Waals surface area (Å²) in [4.78, 5) is 6.79. The largest absolute Gasteiger partial charge is 0.383 e. The van der Waals surface area contributed by atoms with Crippen LogP contribution in [0.4, 0.5) is 0 Å². The molecule has 1 fully saturated rings. The maximum Gasteiger partial charge on any atom is 0.0680 e. The van der Waals surface area contributed by atoms with Crippen LogP contribution in [0.15, 0.2) is 79.3 Å². The van der Waals surface area contributed by atoms with Crippen LogP contribution < -0.4 is 5.32 Å². The van der Waals surface area contributed by atoms with Crippen LogP contribution in [-0.4, -0.2) is 22.5 Å². The zero-order chi connectivity index (χ0) is 16.8. The summed E-state index contributed by atoms with van der Waals surface area (Å²) in [6, 6.07) is 16.8. The van der Waals surface area contributed by atoms with Crippen LogP contribution in [0.1, 0.15) is 24.1 Å². The smallest absolute Gasteiger partial charge is 0.0680 e. The average Bonchev–Trinajstić information content (AvgIpc) is 3.11. The van der Waals surface area contributed by atoms with Gasteiger partial charge in [0, 0.05) is 42.8 Å². The van der Waals surface area contributed by atoms with Crippen molar-refractivity contribution in [1.82, 2.24) is 15.2 Å². The Labute approximate surface area is 144 Å². The molecule has 1 aliphatic rings. The molecule has 0 spiro atoms. The number of nitrogens with one attached hydrogen (secondary N) is 1. The van der Waals surface area contributed by atoms with E-state index in [2.05, 4.69) is 58.7 Å². The molecule has 1 saturated heterocycles. The van der Waals surface area contributed by atoms with Gasteiger partial charge in [0.05, 0.1) is 6.04 Å². The van der Waals surface area contributed by atoms with Crippen molar-refractivity contribution in [1.29, 1.82) is 0 Å². The van der Waals surface area contributed by atoms with E-state index in [0.29, 0.717) is 6.04 Å². The number of hydrogen-bond donors (Lipinski definition) is 1. The van der Waals surface area contributed by atoms with Gasteiger partial charge >= 0.3 is 0 Å². The van der Waals surface area contributed by atoms with Crippen molar-refractivity contribution < 1.29 is 0 Å². The minimum absolute atomic E-state index is 0.324. The fourth-order valence-corrected chi connectivity index (χ4v) is 3.25. The lowest BCUT2D eigenvalue weighted by atomic mass is 10.1. The highest BCUT2D eigenvalue weighted by Crippen LogP contribution is 2.26. The van der Waals surface area contributed by atoms with E-state index in [1.165, 1.54) is 12.0 Å². The Morgan fingerprint density at radius 1 is 1.12 bits per heavy atom. The van der Waals surface area contributed by atoms with Crippen molar-refractivity contribution in [3.05, 3.63) is 90.5 Å². The normalized spacial score (nSPS) is 16.8. The zero-order valence-electron chi connectivity index (χ0n) is 14.1. The standard InChI is InChI=1S/C21H25N3/c1-17(15-20-11-6-7-13-22-20)24-14-8-12-21(24)18(2)23-16-19-9-4-3-5-10-19/h3-7,9-11,13,21,23H,1-2,8,12,14-16H2. The number of likely N-dealkylation sites (tertiary alicyclic amines) is 1. The van der Waals surface area contributed by atoms with Crippen molar-refractivity contribution in [3.63, 3.8) is 0 Å². The van der Waals surface area contributed by atoms with Crippen molar-refractivity contribution in [3.8, 4) is 0 Å². The second-order valence-corrected chi connectivity index (χ2v) is 6.28. The Morgan fingerprint density at radius 3 is 2.67 bits per heavy atom. The molecule has 1 atom stereocenters. The first-order chi connectivity index (χ1) is 11.7. The van der Waals surface area contributed by atoms with Gasteiger partial charge in [0.15, 0.2) is 0 Å². The molecule has 124 valence electrons. The van der Waals surface area contributed by atoms with Gasteiger partial charge in [0.1, 0.15) is 0 Å². The van der Waals surface area contributed by atoms with Gasteiger partial charge in [-0.05, 0) is 30.5 Å². The zero-order valence-corrected chi connectivity index (χ0v) is 14.1. The monoisotopic (exact) mass is 319 g/mol. The van der Waals surface area contributed by atoms with E-state index in [1.54, 1.807) is 0 Å². The first kappa shape index (κ1) is 16.3. The summed E-state index contributed by atoms with van der Waals surface area (Å²) in [5.74, 6) is 0. The van der Waals surface area contributed by atoms with Gasteiger partial charge in [-0.1, -0.05) is 49.6 Å². The van der Waals surface area contributed by atoms with E-state index in [4.69, 9.17) is 0 Å². The highest BCUT2D eigenvalue weighted by molar-refractivity contribution is 5.19. The summed E-state index contributed by atoms with van der Waals surface area (Å²) in [7, 11) is 0. The van der Waals surface area contributed by atoms with Gasteiger partial charge in [-0.2, -0.15) is 0 Å². The number of rotatable bonds is 7. The van der Waals surface area contributed by atoms with Crippen LogP contribution in [0.2, 0.25) is 0 Å². The molecule has 1 unspecified atom stereocenters. The first-order valence-corrected chi connectivity index (χ1v) is 8.55. The molecule has 3 heteroatoms. The third-order valence-electron chi connectivity index (χ3n) is 4.53. The van der Waals surface area contributed by atoms with Crippen molar-refractivity contribution in [2.45, 2.75) is 31.8 Å². The van der Waals surface area contributed by atoms with Gasteiger partial charge in [0.25, 0.3) is 0 Å². The third kappa shape index (κ3) is 4.05. The van der Waals surface area contributed by atoms with Crippen LogP contribution in [0, 0.1) is 0 Å². The molecular weight excluding hydrogens is 294 g/mol. The quantitative estimate of drug-likeness (QED) is 0.839. The Bertz CT molecular complexity index is 679. The molecule has 1 aromatic heterocycles. The van der Waals surface area contributed by atoms with E-state index < -0.39 is 0 Å². The highest BCUT2D eigenvalue weighted by Gasteiger charge is 2.27. The first-order valence-electron chi connectivity index (χ1n) is 8.55. The molecule has 1 N–H and O–H groups in total.